The molecule has 2 heteroatoms. The fraction of sp³-hybridized carbons (Fsp3) is 0.294. The molecule has 0 fully saturated rings. The summed E-state index contributed by atoms with van der Waals surface area (Å²) < 4.78 is 0. The second-order valence-electron chi connectivity index (χ2n) is 5.05. The number of aryl methyl sites for hydroxylation is 2. The molecule has 2 nitrogen and oxygen atoms in total. The summed E-state index contributed by atoms with van der Waals surface area (Å²) in [4.78, 5) is 2.23. The van der Waals surface area contributed by atoms with Gasteiger partial charge in [0.2, 0.25) is 0 Å². The zero-order valence-electron chi connectivity index (χ0n) is 12.2. The topological polar surface area (TPSA) is 15.3 Å². The maximum Gasteiger partial charge on any atom is 0.0437 e. The number of nitrogens with zero attached hydrogens (tertiary/aromatic N) is 1. The van der Waals surface area contributed by atoms with Crippen molar-refractivity contribution in [3.05, 3.63) is 59.2 Å². The third kappa shape index (κ3) is 3.15. The summed E-state index contributed by atoms with van der Waals surface area (Å²) >= 11 is 0. The quantitative estimate of drug-likeness (QED) is 0.893. The average Bonchev–Trinajstić information content (AvgIpc) is 2.39. The lowest BCUT2D eigenvalue weighted by atomic mass is 10.1. The van der Waals surface area contributed by atoms with Crippen LogP contribution in [-0.2, 0) is 6.54 Å². The molecular formula is C17H22N2. The summed E-state index contributed by atoms with van der Waals surface area (Å²) in [6.07, 6.45) is 0. The van der Waals surface area contributed by atoms with Gasteiger partial charge in [0, 0.05) is 25.0 Å². The molecule has 2 rings (SSSR count). The van der Waals surface area contributed by atoms with Gasteiger partial charge < -0.3 is 10.2 Å². The van der Waals surface area contributed by atoms with Crippen molar-refractivity contribution in [2.75, 3.05) is 19.0 Å². The Morgan fingerprint density at radius 1 is 1.00 bits per heavy atom. The molecule has 0 saturated carbocycles. The number of benzene rings is 2. The Bertz CT molecular complexity index is 544. The second-order valence-corrected chi connectivity index (χ2v) is 5.05. The lowest BCUT2D eigenvalue weighted by Crippen LogP contribution is -2.11. The first kappa shape index (κ1) is 13.6. The van der Waals surface area contributed by atoms with Crippen molar-refractivity contribution in [3.63, 3.8) is 0 Å². The first-order valence-electron chi connectivity index (χ1n) is 6.66. The first-order valence-corrected chi connectivity index (χ1v) is 6.66. The van der Waals surface area contributed by atoms with E-state index >= 15 is 0 Å². The third-order valence-corrected chi connectivity index (χ3v) is 3.42. The van der Waals surface area contributed by atoms with E-state index in [1.54, 1.807) is 0 Å². The maximum absolute atomic E-state index is 3.17. The largest absolute Gasteiger partial charge is 0.344 e. The minimum atomic E-state index is 0.910. The lowest BCUT2D eigenvalue weighted by molar-refractivity contribution is 0.818. The van der Waals surface area contributed by atoms with Crippen LogP contribution in [0.4, 0.5) is 11.4 Å². The van der Waals surface area contributed by atoms with Crippen LogP contribution in [0.2, 0.25) is 0 Å². The van der Waals surface area contributed by atoms with Crippen LogP contribution in [0, 0.1) is 13.8 Å². The van der Waals surface area contributed by atoms with E-state index in [1.807, 2.05) is 7.05 Å². The normalized spacial score (nSPS) is 10.5. The predicted molar refractivity (Wildman–Crippen MR) is 83.2 cm³/mol. The summed E-state index contributed by atoms with van der Waals surface area (Å²) in [6, 6.07) is 15.3. The van der Waals surface area contributed by atoms with Crippen LogP contribution < -0.4 is 10.2 Å². The fourth-order valence-electron chi connectivity index (χ4n) is 2.36. The van der Waals surface area contributed by atoms with Crippen LogP contribution in [-0.4, -0.2) is 14.1 Å². The molecule has 0 aliphatic carbocycles. The van der Waals surface area contributed by atoms with Gasteiger partial charge in [0.25, 0.3) is 0 Å². The third-order valence-electron chi connectivity index (χ3n) is 3.42. The molecule has 100 valence electrons. The van der Waals surface area contributed by atoms with Gasteiger partial charge in [-0.2, -0.15) is 0 Å². The van der Waals surface area contributed by atoms with Crippen LogP contribution in [0.25, 0.3) is 0 Å². The second kappa shape index (κ2) is 5.89. The van der Waals surface area contributed by atoms with E-state index in [-0.39, 0.29) is 0 Å². The summed E-state index contributed by atoms with van der Waals surface area (Å²) in [5, 5.41) is 3.17. The molecular weight excluding hydrogens is 232 g/mol. The fourth-order valence-corrected chi connectivity index (χ4v) is 2.36. The predicted octanol–water partition coefficient (Wildman–Crippen LogP) is 3.79. The standard InChI is InChI=1S/C17H22N2/c1-13-5-10-17(14(2)11-13)19(4)16-8-6-15(7-9-16)12-18-3/h5-11,18H,12H2,1-4H3. The summed E-state index contributed by atoms with van der Waals surface area (Å²) in [7, 11) is 4.08. The summed E-state index contributed by atoms with van der Waals surface area (Å²) in [6.45, 7) is 5.20. The Hall–Kier alpha value is -1.80. The van der Waals surface area contributed by atoms with E-state index in [2.05, 4.69) is 73.6 Å². The maximum atomic E-state index is 3.17. The van der Waals surface area contributed by atoms with Crippen molar-refractivity contribution in [1.82, 2.24) is 5.32 Å². The van der Waals surface area contributed by atoms with E-state index in [0.29, 0.717) is 0 Å². The molecule has 2 aromatic rings. The van der Waals surface area contributed by atoms with Crippen LogP contribution >= 0.6 is 0 Å². The van der Waals surface area contributed by atoms with Crippen molar-refractivity contribution in [2.24, 2.45) is 0 Å². The molecule has 0 bridgehead atoms. The monoisotopic (exact) mass is 254 g/mol. The van der Waals surface area contributed by atoms with Gasteiger partial charge in [0.1, 0.15) is 0 Å². The van der Waals surface area contributed by atoms with Crippen molar-refractivity contribution < 1.29 is 0 Å². The highest BCUT2D eigenvalue weighted by Crippen LogP contribution is 2.27. The van der Waals surface area contributed by atoms with Gasteiger partial charge in [-0.15, -0.1) is 0 Å². The molecule has 0 saturated heterocycles. The molecule has 0 aromatic heterocycles. The van der Waals surface area contributed by atoms with Crippen LogP contribution in [0.1, 0.15) is 16.7 Å². The molecule has 1 N–H and O–H groups in total. The highest BCUT2D eigenvalue weighted by molar-refractivity contribution is 5.66. The Kier molecular flexibility index (Phi) is 4.23. The molecule has 2 aromatic carbocycles. The number of nitrogens with one attached hydrogen (secondary N) is 1. The van der Waals surface area contributed by atoms with Crippen LogP contribution in [0.15, 0.2) is 42.5 Å². The van der Waals surface area contributed by atoms with E-state index < -0.39 is 0 Å². The highest BCUT2D eigenvalue weighted by Gasteiger charge is 2.06. The van der Waals surface area contributed by atoms with Crippen LogP contribution in [0.3, 0.4) is 0 Å². The van der Waals surface area contributed by atoms with Gasteiger partial charge in [0.05, 0.1) is 0 Å². The lowest BCUT2D eigenvalue weighted by Gasteiger charge is -2.22. The van der Waals surface area contributed by atoms with Gasteiger partial charge >= 0.3 is 0 Å². The van der Waals surface area contributed by atoms with Gasteiger partial charge in [-0.1, -0.05) is 29.8 Å². The Morgan fingerprint density at radius 2 is 1.68 bits per heavy atom. The molecule has 0 atom stereocenters. The van der Waals surface area contributed by atoms with Crippen LogP contribution in [0.5, 0.6) is 0 Å². The van der Waals surface area contributed by atoms with Gasteiger partial charge in [-0.05, 0) is 50.2 Å². The zero-order valence-corrected chi connectivity index (χ0v) is 12.2. The molecule has 0 heterocycles. The number of hydrogen-bond acceptors (Lipinski definition) is 2. The number of hydrogen-bond donors (Lipinski definition) is 1. The van der Waals surface area contributed by atoms with E-state index in [4.69, 9.17) is 0 Å². The van der Waals surface area contributed by atoms with Crippen molar-refractivity contribution in [1.29, 1.82) is 0 Å². The van der Waals surface area contributed by atoms with Crippen molar-refractivity contribution in [3.8, 4) is 0 Å². The molecule has 0 amide bonds. The minimum absolute atomic E-state index is 0.910. The Balaban J connectivity index is 2.25. The SMILES string of the molecule is CNCc1ccc(N(C)c2ccc(C)cc2C)cc1. The molecule has 0 radical (unpaired) electrons. The number of rotatable bonds is 4. The average molecular weight is 254 g/mol. The molecule has 0 aliphatic heterocycles. The van der Waals surface area contributed by atoms with Gasteiger partial charge in [-0.25, -0.2) is 0 Å². The van der Waals surface area contributed by atoms with E-state index in [9.17, 15) is 0 Å². The smallest absolute Gasteiger partial charge is 0.0437 e. The number of anilines is 2. The van der Waals surface area contributed by atoms with Crippen molar-refractivity contribution >= 4 is 11.4 Å². The van der Waals surface area contributed by atoms with E-state index in [1.165, 1.54) is 28.1 Å². The summed E-state index contributed by atoms with van der Waals surface area (Å²) in [5.41, 5.74) is 6.39. The van der Waals surface area contributed by atoms with Gasteiger partial charge in [0.15, 0.2) is 0 Å². The highest BCUT2D eigenvalue weighted by atomic mass is 15.1. The Labute approximate surface area is 116 Å². The van der Waals surface area contributed by atoms with E-state index in [0.717, 1.165) is 6.54 Å². The minimum Gasteiger partial charge on any atom is -0.344 e. The van der Waals surface area contributed by atoms with Crippen molar-refractivity contribution in [2.45, 2.75) is 20.4 Å². The molecule has 19 heavy (non-hydrogen) atoms. The van der Waals surface area contributed by atoms with Gasteiger partial charge in [-0.3, -0.25) is 0 Å². The Morgan fingerprint density at radius 3 is 2.26 bits per heavy atom. The zero-order chi connectivity index (χ0) is 13.8. The molecule has 0 aliphatic rings. The molecule has 0 spiro atoms. The first-order chi connectivity index (χ1) is 9.11. The summed E-state index contributed by atoms with van der Waals surface area (Å²) in [5.74, 6) is 0. The molecule has 0 unspecified atom stereocenters.